The van der Waals surface area contributed by atoms with Crippen LogP contribution in [0.3, 0.4) is 0 Å². The minimum absolute atomic E-state index is 0.118. The lowest BCUT2D eigenvalue weighted by molar-refractivity contribution is -0.158. The van der Waals surface area contributed by atoms with Gasteiger partial charge in [0.25, 0.3) is 0 Å². The number of carbonyl (C=O) groups excluding carboxylic acids is 2. The van der Waals surface area contributed by atoms with Crippen LogP contribution in [0.2, 0.25) is 0 Å². The fraction of sp³-hybridized carbons (Fsp3) is 0.333. The summed E-state index contributed by atoms with van der Waals surface area (Å²) in [6, 6.07) is 10.6. The van der Waals surface area contributed by atoms with Crippen LogP contribution in [-0.2, 0) is 19.9 Å². The molecule has 1 unspecified atom stereocenters. The molecule has 0 fully saturated rings. The lowest BCUT2D eigenvalue weighted by atomic mass is 9.93. The molecule has 0 bridgehead atoms. The van der Waals surface area contributed by atoms with Crippen molar-refractivity contribution in [3.8, 4) is 11.5 Å². The maximum Gasteiger partial charge on any atom is 0.338 e. The zero-order valence-corrected chi connectivity index (χ0v) is 16.0. The van der Waals surface area contributed by atoms with Gasteiger partial charge < -0.3 is 24.8 Å². The molecule has 28 heavy (non-hydrogen) atoms. The number of rotatable bonds is 7. The molecule has 150 valence electrons. The van der Waals surface area contributed by atoms with Crippen molar-refractivity contribution >= 4 is 11.9 Å². The summed E-state index contributed by atoms with van der Waals surface area (Å²) in [7, 11) is 0. The van der Waals surface area contributed by atoms with Crippen LogP contribution in [0, 0.1) is 12.8 Å². The molecular formula is C21H24O7. The average Bonchev–Trinajstić information content (AvgIpc) is 2.67. The van der Waals surface area contributed by atoms with Crippen molar-refractivity contribution in [2.24, 2.45) is 5.92 Å². The Morgan fingerprint density at radius 2 is 1.61 bits per heavy atom. The molecule has 0 aliphatic heterocycles. The number of hydrogen-bond donors (Lipinski definition) is 3. The van der Waals surface area contributed by atoms with E-state index in [2.05, 4.69) is 0 Å². The Morgan fingerprint density at radius 1 is 1.00 bits per heavy atom. The lowest BCUT2D eigenvalue weighted by Crippen LogP contribution is -2.39. The van der Waals surface area contributed by atoms with Gasteiger partial charge in [0.05, 0.1) is 11.5 Å². The Kier molecular flexibility index (Phi) is 6.64. The van der Waals surface area contributed by atoms with Crippen LogP contribution < -0.4 is 0 Å². The van der Waals surface area contributed by atoms with Crippen molar-refractivity contribution in [1.82, 2.24) is 0 Å². The summed E-state index contributed by atoms with van der Waals surface area (Å²) >= 11 is 0. The first-order chi connectivity index (χ1) is 13.1. The topological polar surface area (TPSA) is 113 Å². The van der Waals surface area contributed by atoms with Crippen LogP contribution in [0.5, 0.6) is 11.5 Å². The zero-order valence-electron chi connectivity index (χ0n) is 16.0. The monoisotopic (exact) mass is 388 g/mol. The molecule has 0 spiro atoms. The fourth-order valence-electron chi connectivity index (χ4n) is 2.45. The van der Waals surface area contributed by atoms with Crippen LogP contribution in [0.15, 0.2) is 42.5 Å². The Hall–Kier alpha value is -3.06. The van der Waals surface area contributed by atoms with E-state index in [0.29, 0.717) is 5.56 Å². The van der Waals surface area contributed by atoms with Gasteiger partial charge in [-0.05, 0) is 36.8 Å². The third-order valence-corrected chi connectivity index (χ3v) is 4.19. The van der Waals surface area contributed by atoms with Crippen molar-refractivity contribution in [2.75, 3.05) is 13.2 Å². The largest absolute Gasteiger partial charge is 0.508 e. The zero-order chi connectivity index (χ0) is 20.9. The van der Waals surface area contributed by atoms with Crippen molar-refractivity contribution < 1.29 is 34.4 Å². The highest BCUT2D eigenvalue weighted by Gasteiger charge is 2.37. The van der Waals surface area contributed by atoms with Gasteiger partial charge in [0.15, 0.2) is 5.60 Å². The summed E-state index contributed by atoms with van der Waals surface area (Å²) in [6.07, 6.45) is 0. The highest BCUT2D eigenvalue weighted by atomic mass is 16.6. The fourth-order valence-corrected chi connectivity index (χ4v) is 2.45. The van der Waals surface area contributed by atoms with Gasteiger partial charge in [-0.1, -0.05) is 32.0 Å². The number of carbonyl (C=O) groups is 2. The van der Waals surface area contributed by atoms with Gasteiger partial charge in [-0.15, -0.1) is 0 Å². The number of hydrogen-bond acceptors (Lipinski definition) is 7. The Labute approximate surface area is 163 Å². The average molecular weight is 388 g/mol. The van der Waals surface area contributed by atoms with E-state index < -0.39 is 36.7 Å². The summed E-state index contributed by atoms with van der Waals surface area (Å²) in [6.45, 7) is 3.68. The number of aliphatic hydroxyl groups is 1. The molecule has 0 aliphatic carbocycles. The summed E-state index contributed by atoms with van der Waals surface area (Å²) in [5.74, 6) is -2.19. The molecule has 7 heteroatoms. The van der Waals surface area contributed by atoms with Gasteiger partial charge in [-0.3, -0.25) is 4.79 Å². The Morgan fingerprint density at radius 3 is 2.21 bits per heavy atom. The van der Waals surface area contributed by atoms with Crippen LogP contribution >= 0.6 is 0 Å². The van der Waals surface area contributed by atoms with E-state index in [1.165, 1.54) is 6.07 Å². The van der Waals surface area contributed by atoms with Crippen LogP contribution in [0.25, 0.3) is 0 Å². The SMILES string of the molecule is Cc1cc(O)c(C(O)(COC(=O)c2ccccc2)COC(=O)C(C)C)cc1O. The molecule has 1 atom stereocenters. The second-order valence-corrected chi connectivity index (χ2v) is 6.89. The van der Waals surface area contributed by atoms with E-state index in [1.54, 1.807) is 51.1 Å². The summed E-state index contributed by atoms with van der Waals surface area (Å²) < 4.78 is 10.3. The maximum absolute atomic E-state index is 12.2. The molecule has 2 rings (SSSR count). The number of ether oxygens (including phenoxy) is 2. The Bertz CT molecular complexity index is 845. The minimum Gasteiger partial charge on any atom is -0.508 e. The van der Waals surface area contributed by atoms with Crippen molar-refractivity contribution in [3.63, 3.8) is 0 Å². The first-order valence-electron chi connectivity index (χ1n) is 8.78. The maximum atomic E-state index is 12.2. The number of aromatic hydroxyl groups is 2. The number of phenols is 2. The first-order valence-corrected chi connectivity index (χ1v) is 8.78. The minimum atomic E-state index is -2.05. The van der Waals surface area contributed by atoms with Crippen LogP contribution in [0.4, 0.5) is 0 Å². The number of benzene rings is 2. The van der Waals surface area contributed by atoms with E-state index >= 15 is 0 Å². The molecule has 0 heterocycles. The quantitative estimate of drug-likeness (QED) is 0.494. The van der Waals surface area contributed by atoms with Gasteiger partial charge in [0.2, 0.25) is 0 Å². The van der Waals surface area contributed by atoms with Gasteiger partial charge in [-0.25, -0.2) is 4.79 Å². The van der Waals surface area contributed by atoms with Gasteiger partial charge >= 0.3 is 11.9 Å². The van der Waals surface area contributed by atoms with E-state index in [4.69, 9.17) is 9.47 Å². The number of phenolic OH excluding ortho intramolecular Hbond substituents is 2. The smallest absolute Gasteiger partial charge is 0.338 e. The van der Waals surface area contributed by atoms with Crippen LogP contribution in [-0.4, -0.2) is 40.5 Å². The summed E-state index contributed by atoms with van der Waals surface area (Å²) in [5.41, 5.74) is -1.50. The normalized spacial score (nSPS) is 13.0. The third-order valence-electron chi connectivity index (χ3n) is 4.19. The Balaban J connectivity index is 2.29. The molecule has 0 amide bonds. The predicted molar refractivity (Wildman–Crippen MR) is 101 cm³/mol. The summed E-state index contributed by atoms with van der Waals surface area (Å²) in [4.78, 5) is 24.1. The lowest BCUT2D eigenvalue weighted by Gasteiger charge is -2.29. The van der Waals surface area contributed by atoms with Crippen LogP contribution in [0.1, 0.15) is 35.3 Å². The third kappa shape index (κ3) is 5.01. The van der Waals surface area contributed by atoms with Crippen molar-refractivity contribution in [1.29, 1.82) is 0 Å². The molecule has 0 saturated heterocycles. The highest BCUT2D eigenvalue weighted by Crippen LogP contribution is 2.35. The second-order valence-electron chi connectivity index (χ2n) is 6.89. The molecule has 0 aliphatic rings. The van der Waals surface area contributed by atoms with Gasteiger partial charge in [-0.2, -0.15) is 0 Å². The molecule has 0 saturated carbocycles. The number of aryl methyl sites for hydroxylation is 1. The first kappa shape index (κ1) is 21.2. The van der Waals surface area contributed by atoms with Crippen molar-refractivity contribution in [3.05, 3.63) is 59.2 Å². The predicted octanol–water partition coefficient (Wildman–Crippen LogP) is 2.65. The van der Waals surface area contributed by atoms with E-state index in [-0.39, 0.29) is 22.6 Å². The highest BCUT2D eigenvalue weighted by molar-refractivity contribution is 5.89. The summed E-state index contributed by atoms with van der Waals surface area (Å²) in [5, 5.41) is 31.3. The molecule has 3 N–H and O–H groups in total. The molecule has 2 aromatic rings. The molecule has 7 nitrogen and oxygen atoms in total. The molecule has 0 radical (unpaired) electrons. The van der Waals surface area contributed by atoms with E-state index in [9.17, 15) is 24.9 Å². The number of esters is 2. The van der Waals surface area contributed by atoms with Gasteiger partial charge in [0.1, 0.15) is 24.7 Å². The van der Waals surface area contributed by atoms with E-state index in [0.717, 1.165) is 6.07 Å². The standard InChI is InChI=1S/C21H24O7/c1-13(2)19(24)27-11-21(26,16-10-17(22)14(3)9-18(16)23)12-28-20(25)15-7-5-4-6-8-15/h4-10,13,22-23,26H,11-12H2,1-3H3. The molecule has 2 aromatic carbocycles. The molecular weight excluding hydrogens is 364 g/mol. The van der Waals surface area contributed by atoms with E-state index in [1.807, 2.05) is 0 Å². The van der Waals surface area contributed by atoms with Gasteiger partial charge in [0, 0.05) is 5.56 Å². The van der Waals surface area contributed by atoms with Crippen molar-refractivity contribution in [2.45, 2.75) is 26.4 Å². The molecule has 0 aromatic heterocycles. The second kappa shape index (κ2) is 8.75.